The van der Waals surface area contributed by atoms with E-state index < -0.39 is 8.32 Å². The molecule has 68 valence electrons. The lowest BCUT2D eigenvalue weighted by molar-refractivity contribution is 0.320. The molecule has 0 bridgehead atoms. The molecule has 0 amide bonds. The molecule has 0 spiro atoms. The highest BCUT2D eigenvalue weighted by molar-refractivity contribution is 6.73. The molecule has 1 aliphatic heterocycles. The summed E-state index contributed by atoms with van der Waals surface area (Å²) in [6.07, 6.45) is 6.11. The monoisotopic (exact) mass is 182 g/mol. The van der Waals surface area contributed by atoms with E-state index in [2.05, 4.69) is 32.2 Å². The van der Waals surface area contributed by atoms with Crippen molar-refractivity contribution < 1.29 is 4.43 Å². The maximum Gasteiger partial charge on any atom is 0.190 e. The van der Waals surface area contributed by atoms with Gasteiger partial charge in [0, 0.05) is 12.5 Å². The first-order valence-corrected chi connectivity index (χ1v) is 7.90. The van der Waals surface area contributed by atoms with Crippen LogP contribution >= 0.6 is 0 Å². The fourth-order valence-corrected chi connectivity index (χ4v) is 5.52. The zero-order chi connectivity index (χ0) is 8.77. The van der Waals surface area contributed by atoms with Crippen LogP contribution < -0.4 is 0 Å². The normalized spacial score (nSPS) is 44.4. The molecule has 1 aliphatic carbocycles. The quantitative estimate of drug-likeness (QED) is 0.413. The zero-order valence-electron chi connectivity index (χ0n) is 8.21. The summed E-state index contributed by atoms with van der Waals surface area (Å²) in [5.41, 5.74) is 0.887. The standard InChI is InChI=1S/C10H18OSi/c1-8-4-5-9-7-11-12(2,3)10(9)6-8/h4-5,8-10H,6-7H2,1-3H3/t8-,9-,10+/m1/s1. The van der Waals surface area contributed by atoms with Gasteiger partial charge in [-0.05, 0) is 31.0 Å². The predicted molar refractivity (Wildman–Crippen MR) is 53.6 cm³/mol. The summed E-state index contributed by atoms with van der Waals surface area (Å²) >= 11 is 0. The topological polar surface area (TPSA) is 9.23 Å². The summed E-state index contributed by atoms with van der Waals surface area (Å²) in [7, 11) is -1.30. The van der Waals surface area contributed by atoms with E-state index in [0.717, 1.165) is 24.0 Å². The van der Waals surface area contributed by atoms with Crippen LogP contribution in [0.3, 0.4) is 0 Å². The van der Waals surface area contributed by atoms with Crippen LogP contribution in [0.25, 0.3) is 0 Å². The Labute approximate surface area is 75.9 Å². The molecule has 1 saturated heterocycles. The molecule has 1 nitrogen and oxygen atoms in total. The van der Waals surface area contributed by atoms with Crippen LogP contribution in [0, 0.1) is 11.8 Å². The molecule has 0 unspecified atom stereocenters. The van der Waals surface area contributed by atoms with Gasteiger partial charge in [0.2, 0.25) is 0 Å². The average molecular weight is 182 g/mol. The molecule has 0 N–H and O–H groups in total. The van der Waals surface area contributed by atoms with Gasteiger partial charge >= 0.3 is 0 Å². The van der Waals surface area contributed by atoms with Gasteiger partial charge in [0.25, 0.3) is 0 Å². The molecule has 2 rings (SSSR count). The summed E-state index contributed by atoms with van der Waals surface area (Å²) in [6.45, 7) is 8.04. The Morgan fingerprint density at radius 3 is 2.83 bits per heavy atom. The van der Waals surface area contributed by atoms with Crippen molar-refractivity contribution in [2.45, 2.75) is 32.0 Å². The molecule has 0 aromatic carbocycles. The third-order valence-electron chi connectivity index (χ3n) is 3.37. The van der Waals surface area contributed by atoms with Crippen molar-refractivity contribution in [2.75, 3.05) is 6.61 Å². The number of allylic oxidation sites excluding steroid dienone is 1. The van der Waals surface area contributed by atoms with Gasteiger partial charge in [-0.2, -0.15) is 0 Å². The highest BCUT2D eigenvalue weighted by atomic mass is 28.4. The van der Waals surface area contributed by atoms with Crippen molar-refractivity contribution >= 4 is 8.32 Å². The fourth-order valence-electron chi connectivity index (χ4n) is 2.51. The van der Waals surface area contributed by atoms with Crippen LogP contribution in [0.1, 0.15) is 13.3 Å². The van der Waals surface area contributed by atoms with E-state index in [-0.39, 0.29) is 0 Å². The fraction of sp³-hybridized carbons (Fsp3) is 0.800. The summed E-state index contributed by atoms with van der Waals surface area (Å²) < 4.78 is 5.92. The Kier molecular flexibility index (Phi) is 1.92. The molecule has 1 heterocycles. The van der Waals surface area contributed by atoms with Gasteiger partial charge in [-0.15, -0.1) is 0 Å². The van der Waals surface area contributed by atoms with Crippen molar-refractivity contribution in [3.63, 3.8) is 0 Å². The minimum atomic E-state index is -1.30. The van der Waals surface area contributed by atoms with Crippen molar-refractivity contribution in [1.82, 2.24) is 0 Å². The van der Waals surface area contributed by atoms with E-state index in [0.29, 0.717) is 0 Å². The molecule has 0 saturated carbocycles. The van der Waals surface area contributed by atoms with E-state index >= 15 is 0 Å². The third-order valence-corrected chi connectivity index (χ3v) is 6.73. The molecule has 2 heteroatoms. The first kappa shape index (κ1) is 8.51. The maximum absolute atomic E-state index is 5.92. The van der Waals surface area contributed by atoms with Gasteiger partial charge in [0.15, 0.2) is 8.32 Å². The number of rotatable bonds is 0. The van der Waals surface area contributed by atoms with E-state index in [1.807, 2.05) is 0 Å². The van der Waals surface area contributed by atoms with Gasteiger partial charge in [0.05, 0.1) is 0 Å². The first-order chi connectivity index (χ1) is 5.59. The summed E-state index contributed by atoms with van der Waals surface area (Å²) in [4.78, 5) is 0. The van der Waals surface area contributed by atoms with Crippen molar-refractivity contribution in [1.29, 1.82) is 0 Å². The van der Waals surface area contributed by atoms with E-state index in [4.69, 9.17) is 4.43 Å². The van der Waals surface area contributed by atoms with E-state index in [1.54, 1.807) is 0 Å². The lowest BCUT2D eigenvalue weighted by Crippen LogP contribution is -2.33. The number of fused-ring (bicyclic) bond motifs is 1. The third kappa shape index (κ3) is 1.27. The van der Waals surface area contributed by atoms with Gasteiger partial charge in [-0.3, -0.25) is 0 Å². The van der Waals surface area contributed by atoms with Crippen LogP contribution in [0.4, 0.5) is 0 Å². The Morgan fingerprint density at radius 2 is 2.08 bits per heavy atom. The van der Waals surface area contributed by atoms with Gasteiger partial charge in [0.1, 0.15) is 0 Å². The number of hydrogen-bond acceptors (Lipinski definition) is 1. The molecule has 12 heavy (non-hydrogen) atoms. The highest BCUT2D eigenvalue weighted by Gasteiger charge is 2.45. The Hall–Kier alpha value is -0.0831. The first-order valence-electron chi connectivity index (χ1n) is 4.92. The largest absolute Gasteiger partial charge is 0.416 e. The summed E-state index contributed by atoms with van der Waals surface area (Å²) in [5.74, 6) is 1.53. The second-order valence-corrected chi connectivity index (χ2v) is 9.02. The van der Waals surface area contributed by atoms with Crippen molar-refractivity contribution in [3.05, 3.63) is 12.2 Å². The summed E-state index contributed by atoms with van der Waals surface area (Å²) in [6, 6.07) is 0. The predicted octanol–water partition coefficient (Wildman–Crippen LogP) is 2.80. The molecule has 2 aliphatic rings. The molecule has 0 radical (unpaired) electrons. The van der Waals surface area contributed by atoms with Gasteiger partial charge in [-0.25, -0.2) is 0 Å². The van der Waals surface area contributed by atoms with Crippen LogP contribution in [0.5, 0.6) is 0 Å². The lowest BCUT2D eigenvalue weighted by Gasteiger charge is -2.30. The van der Waals surface area contributed by atoms with Crippen molar-refractivity contribution in [3.8, 4) is 0 Å². The van der Waals surface area contributed by atoms with Gasteiger partial charge in [-0.1, -0.05) is 19.1 Å². The Bertz CT molecular complexity index is 210. The Balaban J connectivity index is 2.20. The number of hydrogen-bond donors (Lipinski definition) is 0. The van der Waals surface area contributed by atoms with Crippen LogP contribution in [0.15, 0.2) is 12.2 Å². The van der Waals surface area contributed by atoms with E-state index in [9.17, 15) is 0 Å². The molecular weight excluding hydrogens is 164 g/mol. The molecule has 3 atom stereocenters. The Morgan fingerprint density at radius 1 is 1.33 bits per heavy atom. The maximum atomic E-state index is 5.92. The summed E-state index contributed by atoms with van der Waals surface area (Å²) in [5, 5.41) is 0. The molecule has 1 fully saturated rings. The van der Waals surface area contributed by atoms with Crippen LogP contribution in [-0.4, -0.2) is 14.9 Å². The van der Waals surface area contributed by atoms with Crippen LogP contribution in [0.2, 0.25) is 18.6 Å². The molecular formula is C10H18OSi. The van der Waals surface area contributed by atoms with Gasteiger partial charge < -0.3 is 4.43 Å². The molecule has 0 aromatic rings. The average Bonchev–Trinajstić information content (AvgIpc) is 2.28. The smallest absolute Gasteiger partial charge is 0.190 e. The zero-order valence-corrected chi connectivity index (χ0v) is 9.21. The molecule has 0 aromatic heterocycles. The van der Waals surface area contributed by atoms with Crippen LogP contribution in [-0.2, 0) is 4.43 Å². The second kappa shape index (κ2) is 2.71. The lowest BCUT2D eigenvalue weighted by atomic mass is 9.90. The highest BCUT2D eigenvalue weighted by Crippen LogP contribution is 2.45. The minimum absolute atomic E-state index is 0.753. The second-order valence-electron chi connectivity index (χ2n) is 4.78. The van der Waals surface area contributed by atoms with E-state index in [1.165, 1.54) is 6.42 Å². The van der Waals surface area contributed by atoms with Crippen molar-refractivity contribution in [2.24, 2.45) is 11.8 Å². The SMILES string of the molecule is C[C@@H]1C=C[C@@H]2CO[Si](C)(C)[C@H]2C1. The minimum Gasteiger partial charge on any atom is -0.416 e.